The summed E-state index contributed by atoms with van der Waals surface area (Å²) in [5.74, 6) is -0.161. The third-order valence-corrected chi connectivity index (χ3v) is 2.29. The highest BCUT2D eigenvalue weighted by Gasteiger charge is 2.19. The average molecular weight is 252 g/mol. The topological polar surface area (TPSA) is 141 Å². The van der Waals surface area contributed by atoms with Crippen molar-refractivity contribution in [1.29, 1.82) is 0 Å². The van der Waals surface area contributed by atoms with Crippen LogP contribution >= 0.6 is 0 Å². The fourth-order valence-electron chi connectivity index (χ4n) is 1.43. The highest BCUT2D eigenvalue weighted by molar-refractivity contribution is 5.78. The summed E-state index contributed by atoms with van der Waals surface area (Å²) in [5.41, 5.74) is 2.79. The van der Waals surface area contributed by atoms with E-state index < -0.39 is 4.92 Å². The van der Waals surface area contributed by atoms with Gasteiger partial charge in [-0.25, -0.2) is 0 Å². The molecule has 0 unspecified atom stereocenters. The van der Waals surface area contributed by atoms with Gasteiger partial charge in [0.2, 0.25) is 0 Å². The lowest BCUT2D eigenvalue weighted by molar-refractivity contribution is -0.512. The van der Waals surface area contributed by atoms with Crippen LogP contribution in [0.4, 0.5) is 17.3 Å². The standard InChI is InChI=1S/C9H8N4O5/c14-10-8-7(12-18-9(8)11-15)5-1-3-6(4-2-5)13(16)17/h1-4,10,14H,11H2. The van der Waals surface area contributed by atoms with Crippen LogP contribution in [0.15, 0.2) is 28.8 Å². The fourth-order valence-corrected chi connectivity index (χ4v) is 1.43. The zero-order valence-corrected chi connectivity index (χ0v) is 8.86. The average Bonchev–Trinajstić information content (AvgIpc) is 2.81. The Morgan fingerprint density at radius 1 is 1.39 bits per heavy atom. The molecule has 0 amide bonds. The van der Waals surface area contributed by atoms with Gasteiger partial charge in [0.1, 0.15) is 5.69 Å². The van der Waals surface area contributed by atoms with Crippen molar-refractivity contribution in [2.24, 2.45) is 0 Å². The highest BCUT2D eigenvalue weighted by Crippen LogP contribution is 2.31. The Kier molecular flexibility index (Phi) is 3.19. The monoisotopic (exact) mass is 252 g/mol. The second-order valence-electron chi connectivity index (χ2n) is 3.30. The summed E-state index contributed by atoms with van der Waals surface area (Å²) in [6.45, 7) is 0. The van der Waals surface area contributed by atoms with Crippen LogP contribution in [0.2, 0.25) is 0 Å². The lowest BCUT2D eigenvalue weighted by Crippen LogP contribution is -2.70. The van der Waals surface area contributed by atoms with Gasteiger partial charge in [-0.3, -0.25) is 25.3 Å². The molecule has 0 atom stereocenters. The Morgan fingerprint density at radius 3 is 2.56 bits per heavy atom. The van der Waals surface area contributed by atoms with Crippen molar-refractivity contribution >= 4 is 17.3 Å². The lowest BCUT2D eigenvalue weighted by atomic mass is 10.1. The molecule has 0 fully saturated rings. The van der Waals surface area contributed by atoms with Crippen LogP contribution in [0.25, 0.3) is 11.3 Å². The van der Waals surface area contributed by atoms with Crippen LogP contribution in [0.1, 0.15) is 0 Å². The van der Waals surface area contributed by atoms with Crippen LogP contribution < -0.4 is 11.0 Å². The number of nitrogens with one attached hydrogen (secondary N) is 1. The van der Waals surface area contributed by atoms with E-state index in [1.54, 1.807) is 0 Å². The summed E-state index contributed by atoms with van der Waals surface area (Å²) in [6, 6.07) is 5.44. The number of nitrogens with two attached hydrogens (primary N) is 1. The second-order valence-corrected chi connectivity index (χ2v) is 3.30. The molecule has 0 spiro atoms. The van der Waals surface area contributed by atoms with E-state index >= 15 is 0 Å². The normalized spacial score (nSPS) is 10.3. The summed E-state index contributed by atoms with van der Waals surface area (Å²) >= 11 is 0. The molecule has 18 heavy (non-hydrogen) atoms. The van der Waals surface area contributed by atoms with Crippen molar-refractivity contribution in [3.63, 3.8) is 0 Å². The molecule has 0 radical (unpaired) electrons. The van der Waals surface area contributed by atoms with E-state index in [4.69, 9.17) is 9.73 Å². The molecule has 9 heteroatoms. The summed E-state index contributed by atoms with van der Waals surface area (Å²) in [7, 11) is 0. The number of anilines is 1. The van der Waals surface area contributed by atoms with Gasteiger partial charge in [0.15, 0.2) is 5.69 Å². The van der Waals surface area contributed by atoms with Gasteiger partial charge in [-0.15, -0.1) is 0 Å². The van der Waals surface area contributed by atoms with Gasteiger partial charge in [-0.05, 0) is 12.1 Å². The molecule has 2 rings (SSSR count). The third kappa shape index (κ3) is 2.00. The molecule has 1 aromatic heterocycles. The maximum Gasteiger partial charge on any atom is 0.345 e. The Labute approximate surface area is 99.7 Å². The molecule has 4 N–H and O–H groups in total. The summed E-state index contributed by atoms with van der Waals surface area (Å²) in [5, 5.41) is 33.6. The smallest absolute Gasteiger partial charge is 0.345 e. The first kappa shape index (κ1) is 12.0. The fraction of sp³-hybridized carbons (Fsp3) is 0. The van der Waals surface area contributed by atoms with E-state index in [2.05, 4.69) is 5.16 Å². The number of nitro groups is 1. The minimum Gasteiger partial charge on any atom is -0.628 e. The number of hydrogen-bond donors (Lipinski definition) is 3. The third-order valence-electron chi connectivity index (χ3n) is 2.29. The molecule has 0 aliphatic rings. The Morgan fingerprint density at radius 2 is 2.06 bits per heavy atom. The molecule has 1 aromatic carbocycles. The van der Waals surface area contributed by atoms with Gasteiger partial charge in [0.05, 0.1) is 4.92 Å². The van der Waals surface area contributed by atoms with Crippen molar-refractivity contribution in [2.45, 2.75) is 0 Å². The van der Waals surface area contributed by atoms with Crippen molar-refractivity contribution in [3.8, 4) is 11.3 Å². The van der Waals surface area contributed by atoms with Gasteiger partial charge in [0, 0.05) is 17.7 Å². The molecule has 9 nitrogen and oxygen atoms in total. The molecule has 0 saturated carbocycles. The Balaban J connectivity index is 2.42. The quantitative estimate of drug-likeness (QED) is 0.538. The maximum absolute atomic E-state index is 10.6. The molecular weight excluding hydrogens is 244 g/mol. The first-order valence-corrected chi connectivity index (χ1v) is 4.77. The predicted molar refractivity (Wildman–Crippen MR) is 59.0 cm³/mol. The number of nitrogens with zero attached hydrogens (tertiary/aromatic N) is 2. The van der Waals surface area contributed by atoms with Crippen molar-refractivity contribution < 1.29 is 20.1 Å². The van der Waals surface area contributed by atoms with Gasteiger partial charge in [-0.2, -0.15) is 0 Å². The van der Waals surface area contributed by atoms with Crippen molar-refractivity contribution in [2.75, 3.05) is 5.48 Å². The van der Waals surface area contributed by atoms with Crippen molar-refractivity contribution in [3.05, 3.63) is 39.6 Å². The molecule has 0 aliphatic heterocycles. The van der Waals surface area contributed by atoms with E-state index in [1.807, 2.05) is 5.48 Å². The molecule has 1 heterocycles. The number of aromatic nitrogens is 1. The van der Waals surface area contributed by atoms with Crippen LogP contribution in [-0.2, 0) is 0 Å². The van der Waals surface area contributed by atoms with Gasteiger partial charge < -0.3 is 10.7 Å². The highest BCUT2D eigenvalue weighted by atomic mass is 16.6. The zero-order chi connectivity index (χ0) is 13.1. The van der Waals surface area contributed by atoms with Crippen LogP contribution in [-0.4, -0.2) is 15.3 Å². The summed E-state index contributed by atoms with van der Waals surface area (Å²) in [6.07, 6.45) is 0. The number of hydrogen-bond acceptors (Lipinski definition) is 7. The van der Waals surface area contributed by atoms with Crippen molar-refractivity contribution in [1.82, 2.24) is 5.16 Å². The molecule has 2 aromatic rings. The second kappa shape index (κ2) is 4.79. The van der Waals surface area contributed by atoms with E-state index in [1.165, 1.54) is 24.3 Å². The zero-order valence-electron chi connectivity index (χ0n) is 8.86. The predicted octanol–water partition coefficient (Wildman–Crippen LogP) is 0.744. The number of nitro benzene ring substituents is 1. The first-order chi connectivity index (χ1) is 8.67. The number of non-ortho nitro benzene ring substituents is 1. The van der Waals surface area contributed by atoms with E-state index in [-0.39, 0.29) is 23.0 Å². The molecule has 0 saturated heterocycles. The molecule has 94 valence electrons. The van der Waals surface area contributed by atoms with Gasteiger partial charge in [0.25, 0.3) is 5.69 Å². The minimum absolute atomic E-state index is 0.0128. The molecular formula is C9H8N4O5. The first-order valence-electron chi connectivity index (χ1n) is 4.77. The molecule has 0 bridgehead atoms. The summed E-state index contributed by atoms with van der Waals surface area (Å²) < 4.78 is 4.69. The largest absolute Gasteiger partial charge is 0.628 e. The maximum atomic E-state index is 10.6. The van der Waals surface area contributed by atoms with Crippen LogP contribution in [0.5, 0.6) is 0 Å². The SMILES string of the molecule is O=[N+]([O-])c1ccc(-c2noc([NH2+][O-])c2NO)cc1. The van der Waals surface area contributed by atoms with Crippen LogP contribution in [0.3, 0.4) is 0 Å². The van der Waals surface area contributed by atoms with E-state index in [0.717, 1.165) is 0 Å². The Hall–Kier alpha value is -2.49. The minimum atomic E-state index is -0.533. The summed E-state index contributed by atoms with van der Waals surface area (Å²) in [4.78, 5) is 9.96. The van der Waals surface area contributed by atoms with Gasteiger partial charge >= 0.3 is 5.88 Å². The van der Waals surface area contributed by atoms with Gasteiger partial charge in [-0.1, -0.05) is 5.16 Å². The van der Waals surface area contributed by atoms with Crippen LogP contribution in [0, 0.1) is 15.3 Å². The number of quaternary nitrogens is 1. The van der Waals surface area contributed by atoms with E-state index in [9.17, 15) is 15.3 Å². The lowest BCUT2D eigenvalue weighted by Gasteiger charge is -2.01. The number of rotatable bonds is 4. The molecule has 0 aliphatic carbocycles. The Bertz CT molecular complexity index is 565. The van der Waals surface area contributed by atoms with E-state index in [0.29, 0.717) is 11.0 Å². The number of benzene rings is 1.